The first kappa shape index (κ1) is 20.5. The lowest BCUT2D eigenvalue weighted by atomic mass is 9.68. The monoisotopic (exact) mass is 494 g/mol. The van der Waals surface area contributed by atoms with Crippen LogP contribution in [-0.4, -0.2) is 27.2 Å². The normalized spacial score (nSPS) is 33.2. The zero-order valence-electron chi connectivity index (χ0n) is 17.7. The van der Waals surface area contributed by atoms with Crippen molar-refractivity contribution in [2.24, 2.45) is 29.6 Å². The number of benzene rings is 2. The number of H-pyrrole nitrogens is 1. The van der Waals surface area contributed by atoms with E-state index in [1.165, 1.54) is 40.5 Å². The summed E-state index contributed by atoms with van der Waals surface area (Å²) < 4.78 is 13.5. The van der Waals surface area contributed by atoms with Gasteiger partial charge in [0.25, 0.3) is 0 Å². The molecule has 7 rings (SSSR count). The molecule has 2 aliphatic heterocycles. The van der Waals surface area contributed by atoms with Gasteiger partial charge < -0.3 is 10.1 Å². The molecule has 0 radical (unpaired) electrons. The van der Waals surface area contributed by atoms with E-state index in [9.17, 15) is 23.9 Å². The van der Waals surface area contributed by atoms with Crippen LogP contribution in [0.1, 0.15) is 22.8 Å². The first-order valence-electron chi connectivity index (χ1n) is 11.2. The van der Waals surface area contributed by atoms with E-state index in [0.717, 1.165) is 21.9 Å². The van der Waals surface area contributed by atoms with Gasteiger partial charge in [-0.3, -0.25) is 19.3 Å². The lowest BCUT2D eigenvalue weighted by molar-refractivity contribution is -0.123. The highest BCUT2D eigenvalue weighted by atomic mass is 32.2. The van der Waals surface area contributed by atoms with Crippen LogP contribution in [0.25, 0.3) is 0 Å². The Morgan fingerprint density at radius 3 is 2.32 bits per heavy atom. The van der Waals surface area contributed by atoms with E-state index in [1.807, 2.05) is 12.1 Å². The minimum absolute atomic E-state index is 0.0125. The Bertz CT molecular complexity index is 1400. The van der Waals surface area contributed by atoms with Crippen molar-refractivity contribution in [1.29, 1.82) is 0 Å². The molecule has 6 nitrogen and oxygen atoms in total. The van der Waals surface area contributed by atoms with E-state index in [2.05, 4.69) is 4.98 Å². The maximum absolute atomic E-state index is 13.6. The Hall–Kier alpha value is -2.91. The number of carbonyl (C=O) groups excluding carboxylic acids is 2. The van der Waals surface area contributed by atoms with Gasteiger partial charge in [0, 0.05) is 16.0 Å². The summed E-state index contributed by atoms with van der Waals surface area (Å²) in [4.78, 5) is 44.5. The second-order valence-electron chi connectivity index (χ2n) is 9.54. The molecule has 2 aliphatic carbocycles. The van der Waals surface area contributed by atoms with Crippen LogP contribution in [0.5, 0.6) is 5.75 Å². The Labute approximate surface area is 201 Å². The molecule has 7 atom stereocenters. The molecule has 3 aromatic rings. The first-order valence-corrected chi connectivity index (χ1v) is 12.9. The van der Waals surface area contributed by atoms with Gasteiger partial charge in [0.1, 0.15) is 11.6 Å². The molecule has 2 bridgehead atoms. The number of thiazole rings is 1. The van der Waals surface area contributed by atoms with Crippen molar-refractivity contribution in [2.45, 2.75) is 22.6 Å². The summed E-state index contributed by atoms with van der Waals surface area (Å²) in [5.74, 6) is -1.36. The topological polar surface area (TPSA) is 90.5 Å². The molecular weight excluding hydrogens is 475 g/mol. The van der Waals surface area contributed by atoms with Gasteiger partial charge in [0.2, 0.25) is 11.8 Å². The van der Waals surface area contributed by atoms with Crippen LogP contribution in [-0.2, 0) is 9.59 Å². The summed E-state index contributed by atoms with van der Waals surface area (Å²) in [6.45, 7) is 0. The van der Waals surface area contributed by atoms with Gasteiger partial charge >= 0.3 is 4.87 Å². The third-order valence-corrected chi connectivity index (χ3v) is 10.6. The Morgan fingerprint density at radius 2 is 1.62 bits per heavy atom. The predicted molar refractivity (Wildman–Crippen MR) is 125 cm³/mol. The molecule has 0 spiro atoms. The molecule has 3 fully saturated rings. The zero-order chi connectivity index (χ0) is 23.3. The van der Waals surface area contributed by atoms with Gasteiger partial charge in [-0.1, -0.05) is 23.5 Å². The molecule has 2 amide bonds. The minimum atomic E-state index is -0.414. The lowest BCUT2D eigenvalue weighted by Gasteiger charge is -2.43. The largest absolute Gasteiger partial charge is 0.508 e. The van der Waals surface area contributed by atoms with Gasteiger partial charge in [-0.05, 0) is 66.1 Å². The van der Waals surface area contributed by atoms with Crippen molar-refractivity contribution in [1.82, 2.24) is 4.98 Å². The number of thioether (sulfide) groups is 1. The fraction of sp³-hybridized carbons (Fsp3) is 0.320. The summed E-state index contributed by atoms with van der Waals surface area (Å²) in [6.07, 6.45) is 0.806. The second kappa shape index (κ2) is 7.05. The minimum Gasteiger partial charge on any atom is -0.508 e. The zero-order valence-corrected chi connectivity index (χ0v) is 19.3. The molecule has 0 unspecified atom stereocenters. The van der Waals surface area contributed by atoms with Crippen LogP contribution in [0, 0.1) is 35.4 Å². The van der Waals surface area contributed by atoms with Crippen molar-refractivity contribution >= 4 is 40.6 Å². The number of amides is 2. The number of aromatic hydroxyl groups is 1. The van der Waals surface area contributed by atoms with Crippen LogP contribution in [0.15, 0.2) is 58.4 Å². The van der Waals surface area contributed by atoms with E-state index in [1.54, 1.807) is 23.9 Å². The number of imide groups is 1. The van der Waals surface area contributed by atoms with E-state index in [4.69, 9.17) is 0 Å². The van der Waals surface area contributed by atoms with Crippen LogP contribution in [0.4, 0.5) is 10.1 Å². The highest BCUT2D eigenvalue weighted by Crippen LogP contribution is 2.68. The van der Waals surface area contributed by atoms with E-state index in [-0.39, 0.29) is 57.3 Å². The number of carbonyl (C=O) groups is 2. The van der Waals surface area contributed by atoms with Crippen molar-refractivity contribution in [3.05, 3.63) is 74.5 Å². The molecule has 2 saturated carbocycles. The maximum atomic E-state index is 13.6. The number of hydrogen-bond acceptors (Lipinski definition) is 6. The smallest absolute Gasteiger partial charge is 0.305 e. The van der Waals surface area contributed by atoms with Crippen LogP contribution in [0.2, 0.25) is 0 Å². The van der Waals surface area contributed by atoms with Crippen molar-refractivity contribution in [3.8, 4) is 5.75 Å². The second-order valence-corrected chi connectivity index (χ2v) is 11.7. The molecule has 1 aromatic heterocycles. The highest BCUT2D eigenvalue weighted by molar-refractivity contribution is 8.00. The summed E-state index contributed by atoms with van der Waals surface area (Å²) in [7, 11) is 0. The van der Waals surface area contributed by atoms with Crippen LogP contribution in [0.3, 0.4) is 0 Å². The van der Waals surface area contributed by atoms with Crippen LogP contribution >= 0.6 is 23.1 Å². The van der Waals surface area contributed by atoms with Gasteiger partial charge in [-0.2, -0.15) is 0 Å². The predicted octanol–water partition coefficient (Wildman–Crippen LogP) is 3.96. The third-order valence-electron chi connectivity index (χ3n) is 8.06. The SMILES string of the molecule is O=C1[C@H]2[C@H]3C[C@@H]([C@@H]4Sc5[nH]c(=O)sc5[C@@H](c5ccc(O)cc5)[C@@H]34)[C@@H]2C(=O)N1c1ccc(F)cc1. The molecule has 172 valence electrons. The van der Waals surface area contributed by atoms with E-state index < -0.39 is 11.7 Å². The quantitative estimate of drug-likeness (QED) is 0.527. The Balaban J connectivity index is 1.32. The molecule has 4 aliphatic rings. The fourth-order valence-corrected chi connectivity index (χ4v) is 9.81. The number of phenolic OH excluding ortho intramolecular Hbond substituents is 1. The lowest BCUT2D eigenvalue weighted by Crippen LogP contribution is -2.42. The standard InChI is InChI=1S/C25H19FN2O4S2/c26-11-3-5-12(6-4-11)28-23(30)18-14-9-15(19(18)24(28)31)20-17(14)16(10-1-7-13(29)8-2-10)21-22(33-20)27-25(32)34-21/h1-8,14-20,29H,9H2,(H,27,32)/t14-,15+,16-,17+,18-,19-,20-/m0/s1. The number of aromatic nitrogens is 1. The number of fused-ring (bicyclic) bond motifs is 9. The number of rotatable bonds is 2. The summed E-state index contributed by atoms with van der Waals surface area (Å²) >= 11 is 2.84. The number of aromatic amines is 1. The van der Waals surface area contributed by atoms with Gasteiger partial charge in [-0.25, -0.2) is 4.39 Å². The molecule has 3 heterocycles. The average Bonchev–Trinajstić information content (AvgIpc) is 3.54. The molecule has 1 saturated heterocycles. The highest BCUT2D eigenvalue weighted by Gasteiger charge is 2.69. The molecular formula is C25H19FN2O4S2. The number of phenols is 1. The number of nitrogens with one attached hydrogen (secondary N) is 1. The third kappa shape index (κ3) is 2.65. The molecule has 34 heavy (non-hydrogen) atoms. The Morgan fingerprint density at radius 1 is 0.941 bits per heavy atom. The van der Waals surface area contributed by atoms with E-state index in [0.29, 0.717) is 5.69 Å². The summed E-state index contributed by atoms with van der Waals surface area (Å²) in [5.41, 5.74) is 1.42. The van der Waals surface area contributed by atoms with Gasteiger partial charge in [0.15, 0.2) is 0 Å². The molecule has 2 aromatic carbocycles. The fourth-order valence-electron chi connectivity index (χ4n) is 6.92. The van der Waals surface area contributed by atoms with Gasteiger partial charge in [-0.15, -0.1) is 11.8 Å². The first-order chi connectivity index (χ1) is 16.4. The van der Waals surface area contributed by atoms with Crippen LogP contribution < -0.4 is 9.77 Å². The van der Waals surface area contributed by atoms with Gasteiger partial charge in [0.05, 0.1) is 22.5 Å². The molecule has 9 heteroatoms. The number of hydrogen-bond donors (Lipinski definition) is 2. The summed E-state index contributed by atoms with van der Waals surface area (Å²) in [6, 6.07) is 12.6. The summed E-state index contributed by atoms with van der Waals surface area (Å²) in [5, 5.41) is 10.8. The number of halogens is 1. The van der Waals surface area contributed by atoms with Crippen molar-refractivity contribution in [2.75, 3.05) is 4.90 Å². The number of nitrogens with zero attached hydrogens (tertiary/aromatic N) is 1. The number of anilines is 1. The average molecular weight is 495 g/mol. The van der Waals surface area contributed by atoms with Crippen molar-refractivity contribution in [3.63, 3.8) is 0 Å². The maximum Gasteiger partial charge on any atom is 0.305 e. The van der Waals surface area contributed by atoms with E-state index >= 15 is 0 Å². The molecule has 2 N–H and O–H groups in total. The Kier molecular flexibility index (Phi) is 4.24. The van der Waals surface area contributed by atoms with Crippen molar-refractivity contribution < 1.29 is 19.1 Å².